The Kier molecular flexibility index (Phi) is 14.5. The number of para-hydroxylation sites is 6. The molecule has 10 heteroatoms. The molecule has 600 valence electrons. The van der Waals surface area contributed by atoms with E-state index in [2.05, 4.69) is 349 Å². The van der Waals surface area contributed by atoms with E-state index in [4.69, 9.17) is 19.9 Å². The van der Waals surface area contributed by atoms with Crippen LogP contribution in [0.2, 0.25) is 0 Å². The molecule has 8 saturated carbocycles. The standard InChI is InChI=1S/2C58H43N5/c1-2-11-41(12-3-1)62-56-51(17-10-26-59-56)60-57(62)63-53-19-9-6-15-46(53)48-33-38(21-25-55(48)63)37-20-24-54-47(32-37)45-14-5-8-18-52(45)61(54)42-22-23-44-43-13-4-7-16-49(43)58(50(44)34-42)39-28-35-27-36(30-39)31-40(58)29-35;1-2-11-41(12-3-1)62-55-19-10-26-59-56(55)60-57(62)63-52-18-9-6-15-46(52)48-33-38(21-25-54(48)63)37-20-24-53-47(32-37)45-14-5-8-17-51(45)61(53)42-22-23-44-43-13-4-7-16-49(43)58(50(44)34-42)39-28-35-27-36(30-39)31-40(58)29-35/h2*1-26,32-36,39-40H,27-31H2. The molecule has 0 unspecified atom stereocenters. The Morgan fingerprint density at radius 1 is 0.222 bits per heavy atom. The molecule has 0 amide bonds. The zero-order chi connectivity index (χ0) is 81.9. The van der Waals surface area contributed by atoms with Gasteiger partial charge in [-0.1, -0.05) is 194 Å². The fourth-order valence-corrected chi connectivity index (χ4v) is 27.9. The molecule has 126 heavy (non-hydrogen) atoms. The van der Waals surface area contributed by atoms with E-state index < -0.39 is 0 Å². The minimum absolute atomic E-state index is 0.133. The number of benzene rings is 14. The highest BCUT2D eigenvalue weighted by atomic mass is 15.3. The van der Waals surface area contributed by atoms with Gasteiger partial charge in [0.05, 0.1) is 55.3 Å². The highest BCUT2D eigenvalue weighted by molar-refractivity contribution is 6.15. The Bertz CT molecular complexity index is 7860. The molecule has 0 aliphatic heterocycles. The summed E-state index contributed by atoms with van der Waals surface area (Å²) in [7, 11) is 0. The summed E-state index contributed by atoms with van der Waals surface area (Å²) in [6.45, 7) is 0. The minimum atomic E-state index is 0.133. The van der Waals surface area contributed by atoms with Crippen molar-refractivity contribution in [2.24, 2.45) is 47.3 Å². The summed E-state index contributed by atoms with van der Waals surface area (Å²) >= 11 is 0. The van der Waals surface area contributed by atoms with Gasteiger partial charge >= 0.3 is 0 Å². The Labute approximate surface area is 728 Å². The number of hydrogen-bond acceptors (Lipinski definition) is 4. The van der Waals surface area contributed by atoms with Gasteiger partial charge in [0.25, 0.3) is 0 Å². The van der Waals surface area contributed by atoms with Crippen molar-refractivity contribution in [2.45, 2.75) is 75.0 Å². The molecule has 10 aliphatic carbocycles. The first-order valence-corrected chi connectivity index (χ1v) is 45.8. The molecule has 0 atom stereocenters. The molecule has 14 aromatic carbocycles. The van der Waals surface area contributed by atoms with Gasteiger partial charge in [0.1, 0.15) is 5.52 Å². The van der Waals surface area contributed by atoms with Crippen molar-refractivity contribution in [1.29, 1.82) is 0 Å². The van der Waals surface area contributed by atoms with Crippen molar-refractivity contribution in [3.05, 3.63) is 374 Å². The monoisotopic (exact) mass is 1620 g/mol. The molecule has 8 heterocycles. The Balaban J connectivity index is 0.000000125. The van der Waals surface area contributed by atoms with Gasteiger partial charge in [-0.3, -0.25) is 18.3 Å². The van der Waals surface area contributed by atoms with Crippen molar-refractivity contribution < 1.29 is 0 Å². The second-order valence-electron chi connectivity index (χ2n) is 38.1. The zero-order valence-electron chi connectivity index (χ0n) is 69.6. The Morgan fingerprint density at radius 2 is 0.563 bits per heavy atom. The lowest BCUT2D eigenvalue weighted by molar-refractivity contribution is -0.0399. The first kappa shape index (κ1) is 70.0. The lowest BCUT2D eigenvalue weighted by atomic mass is 9.43. The summed E-state index contributed by atoms with van der Waals surface area (Å²) in [5.41, 5.74) is 34.9. The summed E-state index contributed by atoms with van der Waals surface area (Å²) in [4.78, 5) is 19.9. The van der Waals surface area contributed by atoms with E-state index in [0.717, 1.165) is 115 Å². The normalized spacial score (nSPS) is 22.0. The van der Waals surface area contributed by atoms with E-state index in [0.29, 0.717) is 0 Å². The summed E-state index contributed by atoms with van der Waals surface area (Å²) in [5, 5.41) is 9.92. The molecule has 22 aromatic rings. The number of fused-ring (bicyclic) bond motifs is 20. The zero-order valence-corrected chi connectivity index (χ0v) is 69.6. The van der Waals surface area contributed by atoms with Crippen LogP contribution in [0.3, 0.4) is 0 Å². The van der Waals surface area contributed by atoms with Crippen LogP contribution in [0.4, 0.5) is 0 Å². The third kappa shape index (κ3) is 9.55. The lowest BCUT2D eigenvalue weighted by Gasteiger charge is -2.61. The molecule has 10 aliphatic rings. The second kappa shape index (κ2) is 26.1. The van der Waals surface area contributed by atoms with Crippen LogP contribution in [0.5, 0.6) is 0 Å². The molecule has 2 spiro atoms. The van der Waals surface area contributed by atoms with Crippen molar-refractivity contribution in [3.63, 3.8) is 0 Å². The third-order valence-electron chi connectivity index (χ3n) is 32.2. The number of rotatable bonds is 8. The molecule has 8 bridgehead atoms. The van der Waals surface area contributed by atoms with Crippen LogP contribution in [0, 0.1) is 47.3 Å². The van der Waals surface area contributed by atoms with Crippen LogP contribution in [0.15, 0.2) is 352 Å². The first-order chi connectivity index (χ1) is 62.4. The average molecular weight is 1620 g/mol. The Hall–Kier alpha value is -14.5. The number of pyridine rings is 2. The fourth-order valence-electron chi connectivity index (χ4n) is 27.9. The van der Waals surface area contributed by atoms with Crippen LogP contribution in [-0.4, -0.2) is 47.3 Å². The fraction of sp³-hybridized carbons (Fsp3) is 0.172. The highest BCUT2D eigenvalue weighted by Gasteiger charge is 2.63. The summed E-state index contributed by atoms with van der Waals surface area (Å²) in [6, 6.07) is 127. The SMILES string of the molecule is c1ccc(-n2c(-n3c4ccccc4c4cc(-c5ccc6c(c5)c5ccccc5n6-c5ccc6c(c5)C5(c7ccccc7-6)C6CC7CC(C6)CC5C7)ccc43)nc3cccnc32)cc1.c1ccc(-n2c(-n3c4ccccc4c4cc(-c5ccc6c(c5)c5ccccc5n6-c5ccc6c(c5)C5(c7ccccc7-6)C6CC7CC(C6)CC5C7)ccc43)nc3ncccc32)cc1. The van der Waals surface area contributed by atoms with E-state index in [-0.39, 0.29) is 10.8 Å². The average Bonchev–Trinajstić information content (AvgIpc) is 1.49. The van der Waals surface area contributed by atoms with Crippen LogP contribution < -0.4 is 0 Å². The maximum atomic E-state index is 5.24. The maximum absolute atomic E-state index is 5.24. The van der Waals surface area contributed by atoms with E-state index in [1.54, 1.807) is 22.3 Å². The topological polar surface area (TPSA) is 81.1 Å². The van der Waals surface area contributed by atoms with Crippen molar-refractivity contribution >= 4 is 110 Å². The largest absolute Gasteiger partial charge is 0.309 e. The van der Waals surface area contributed by atoms with Gasteiger partial charge in [-0.25, -0.2) is 15.0 Å². The van der Waals surface area contributed by atoms with Crippen LogP contribution >= 0.6 is 0 Å². The number of hydrogen-bond donors (Lipinski definition) is 0. The summed E-state index contributed by atoms with van der Waals surface area (Å²) < 4.78 is 14.1. The molecule has 0 N–H and O–H groups in total. The molecule has 32 rings (SSSR count). The molecule has 8 aromatic heterocycles. The van der Waals surface area contributed by atoms with Gasteiger partial charge in [0.2, 0.25) is 11.9 Å². The predicted octanol–water partition coefficient (Wildman–Crippen LogP) is 28.0. The van der Waals surface area contributed by atoms with Gasteiger partial charge in [-0.15, -0.1) is 0 Å². The number of nitrogens with zero attached hydrogens (tertiary/aromatic N) is 10. The summed E-state index contributed by atoms with van der Waals surface area (Å²) in [6.07, 6.45) is 17.7. The van der Waals surface area contributed by atoms with Crippen LogP contribution in [0.25, 0.3) is 189 Å². The van der Waals surface area contributed by atoms with E-state index in [9.17, 15) is 0 Å². The lowest BCUT2D eigenvalue weighted by Crippen LogP contribution is -2.55. The summed E-state index contributed by atoms with van der Waals surface area (Å²) in [5.74, 6) is 8.29. The van der Waals surface area contributed by atoms with Gasteiger partial charge in [0.15, 0.2) is 11.3 Å². The number of aromatic nitrogens is 10. The second-order valence-corrected chi connectivity index (χ2v) is 38.1. The van der Waals surface area contributed by atoms with E-state index >= 15 is 0 Å². The van der Waals surface area contributed by atoms with Crippen LogP contribution in [0.1, 0.15) is 86.5 Å². The molecular weight excluding hydrogens is 1530 g/mol. The van der Waals surface area contributed by atoms with E-state index in [1.807, 2.05) is 30.6 Å². The molecule has 0 saturated heterocycles. The maximum Gasteiger partial charge on any atom is 0.222 e. The highest BCUT2D eigenvalue weighted by Crippen LogP contribution is 2.72. The van der Waals surface area contributed by atoms with Gasteiger partial charge < -0.3 is 9.13 Å². The van der Waals surface area contributed by atoms with Gasteiger partial charge in [0, 0.05) is 83.4 Å². The molecule has 10 nitrogen and oxygen atoms in total. The minimum Gasteiger partial charge on any atom is -0.309 e. The Morgan fingerprint density at radius 3 is 1.01 bits per heavy atom. The quantitative estimate of drug-likeness (QED) is 0.152. The van der Waals surface area contributed by atoms with Crippen molar-refractivity contribution in [2.75, 3.05) is 0 Å². The van der Waals surface area contributed by atoms with Gasteiger partial charge in [-0.2, -0.15) is 4.98 Å². The first-order valence-electron chi connectivity index (χ1n) is 45.8. The molecular formula is C116H86N10. The smallest absolute Gasteiger partial charge is 0.222 e. The predicted molar refractivity (Wildman–Crippen MR) is 512 cm³/mol. The number of imidazole rings is 2. The van der Waals surface area contributed by atoms with Crippen molar-refractivity contribution in [1.82, 2.24) is 47.3 Å². The van der Waals surface area contributed by atoms with E-state index in [1.165, 1.54) is 185 Å². The third-order valence-corrected chi connectivity index (χ3v) is 32.2. The van der Waals surface area contributed by atoms with Crippen LogP contribution in [-0.2, 0) is 10.8 Å². The molecule has 8 fully saturated rings. The van der Waals surface area contributed by atoms with Gasteiger partial charge in [-0.05, 0) is 324 Å². The van der Waals surface area contributed by atoms with Crippen molar-refractivity contribution in [3.8, 4) is 79.2 Å². The molecule has 0 radical (unpaired) electrons.